The van der Waals surface area contributed by atoms with Gasteiger partial charge in [0.2, 0.25) is 0 Å². The van der Waals surface area contributed by atoms with Gasteiger partial charge in [-0.2, -0.15) is 0 Å². The molecule has 0 spiro atoms. The maximum atomic E-state index is 9.93. The fourth-order valence-electron chi connectivity index (χ4n) is 3.09. The van der Waals surface area contributed by atoms with Gasteiger partial charge in [-0.05, 0) is 38.0 Å². The molecule has 3 nitrogen and oxygen atoms in total. The van der Waals surface area contributed by atoms with Gasteiger partial charge in [-0.15, -0.1) is 0 Å². The van der Waals surface area contributed by atoms with E-state index in [4.69, 9.17) is 4.74 Å². The minimum absolute atomic E-state index is 0.0712. The summed E-state index contributed by atoms with van der Waals surface area (Å²) < 4.78 is 5.68. The summed E-state index contributed by atoms with van der Waals surface area (Å²) in [5.41, 5.74) is 0. The van der Waals surface area contributed by atoms with Crippen LogP contribution in [0.3, 0.4) is 0 Å². The predicted octanol–water partition coefficient (Wildman–Crippen LogP) is 2.08. The third-order valence-electron chi connectivity index (χ3n) is 4.36. The minimum atomic E-state index is -0.0712. The van der Waals surface area contributed by atoms with Crippen molar-refractivity contribution in [3.8, 4) is 0 Å². The van der Waals surface area contributed by atoms with E-state index in [1.165, 1.54) is 19.3 Å². The lowest BCUT2D eigenvalue weighted by atomic mass is 9.86. The molecule has 2 N–H and O–H groups in total. The van der Waals surface area contributed by atoms with Gasteiger partial charge in [0.15, 0.2) is 0 Å². The first kappa shape index (κ1) is 13.3. The number of rotatable bonds is 4. The van der Waals surface area contributed by atoms with Gasteiger partial charge >= 0.3 is 0 Å². The van der Waals surface area contributed by atoms with Gasteiger partial charge in [-0.3, -0.25) is 0 Å². The molecule has 0 aromatic rings. The maximum absolute atomic E-state index is 9.93. The summed E-state index contributed by atoms with van der Waals surface area (Å²) in [5, 5.41) is 13.6. The normalized spacial score (nSPS) is 39.2. The number of hydrogen-bond acceptors (Lipinski definition) is 3. The van der Waals surface area contributed by atoms with Crippen LogP contribution < -0.4 is 5.32 Å². The fourth-order valence-corrected chi connectivity index (χ4v) is 3.09. The second-order valence-electron chi connectivity index (χ2n) is 5.64. The molecule has 3 heteroatoms. The summed E-state index contributed by atoms with van der Waals surface area (Å²) in [6.07, 6.45) is 8.42. The van der Waals surface area contributed by atoms with Gasteiger partial charge in [0.05, 0.1) is 12.2 Å². The Morgan fingerprint density at radius 1 is 1.24 bits per heavy atom. The molecule has 0 radical (unpaired) electrons. The van der Waals surface area contributed by atoms with Crippen molar-refractivity contribution in [2.24, 2.45) is 5.92 Å². The van der Waals surface area contributed by atoms with E-state index < -0.39 is 0 Å². The van der Waals surface area contributed by atoms with Crippen LogP contribution in [0.15, 0.2) is 0 Å². The second-order valence-corrected chi connectivity index (χ2v) is 5.64. The molecule has 2 rings (SSSR count). The van der Waals surface area contributed by atoms with Crippen molar-refractivity contribution in [3.05, 3.63) is 0 Å². The molecule has 17 heavy (non-hydrogen) atoms. The average molecular weight is 241 g/mol. The summed E-state index contributed by atoms with van der Waals surface area (Å²) >= 11 is 0. The number of aliphatic hydroxyl groups excluding tert-OH is 1. The molecule has 1 heterocycles. The number of aliphatic hydroxyl groups is 1. The van der Waals surface area contributed by atoms with Crippen LogP contribution in [-0.4, -0.2) is 36.5 Å². The first-order valence-electron chi connectivity index (χ1n) is 7.32. The van der Waals surface area contributed by atoms with E-state index in [9.17, 15) is 5.11 Å². The monoisotopic (exact) mass is 241 g/mol. The number of ether oxygens (including phenoxy) is 1. The molecule has 4 unspecified atom stereocenters. The zero-order valence-electron chi connectivity index (χ0n) is 11.0. The van der Waals surface area contributed by atoms with Crippen molar-refractivity contribution in [2.45, 2.75) is 70.1 Å². The van der Waals surface area contributed by atoms with Crippen LogP contribution in [-0.2, 0) is 4.74 Å². The van der Waals surface area contributed by atoms with E-state index in [0.717, 1.165) is 38.8 Å². The van der Waals surface area contributed by atoms with Crippen LogP contribution >= 0.6 is 0 Å². The Hall–Kier alpha value is -0.120. The van der Waals surface area contributed by atoms with E-state index in [-0.39, 0.29) is 6.10 Å². The summed E-state index contributed by atoms with van der Waals surface area (Å²) in [4.78, 5) is 0. The van der Waals surface area contributed by atoms with E-state index in [1.807, 2.05) is 0 Å². The highest BCUT2D eigenvalue weighted by molar-refractivity contribution is 4.81. The van der Waals surface area contributed by atoms with Crippen molar-refractivity contribution in [3.63, 3.8) is 0 Å². The smallest absolute Gasteiger partial charge is 0.0587 e. The van der Waals surface area contributed by atoms with Crippen molar-refractivity contribution >= 4 is 0 Å². The van der Waals surface area contributed by atoms with Crippen LogP contribution in [0.4, 0.5) is 0 Å². The largest absolute Gasteiger partial charge is 0.393 e. The van der Waals surface area contributed by atoms with Crippen molar-refractivity contribution in [1.82, 2.24) is 5.32 Å². The average Bonchev–Trinajstić information content (AvgIpc) is 2.38. The van der Waals surface area contributed by atoms with Crippen LogP contribution in [0.1, 0.15) is 51.9 Å². The lowest BCUT2D eigenvalue weighted by molar-refractivity contribution is -0.00321. The molecular weight excluding hydrogens is 214 g/mol. The van der Waals surface area contributed by atoms with Crippen LogP contribution in [0.2, 0.25) is 0 Å². The van der Waals surface area contributed by atoms with E-state index >= 15 is 0 Å². The second kappa shape index (κ2) is 6.72. The third-order valence-corrected chi connectivity index (χ3v) is 4.36. The Morgan fingerprint density at radius 3 is 2.82 bits per heavy atom. The Balaban J connectivity index is 1.69. The Morgan fingerprint density at radius 2 is 2.06 bits per heavy atom. The summed E-state index contributed by atoms with van der Waals surface area (Å²) in [6.45, 7) is 4.07. The molecule has 0 bridgehead atoms. The van der Waals surface area contributed by atoms with Gasteiger partial charge in [0.25, 0.3) is 0 Å². The Labute approximate surface area is 105 Å². The van der Waals surface area contributed by atoms with Gasteiger partial charge in [0.1, 0.15) is 0 Å². The molecule has 0 amide bonds. The molecule has 1 saturated carbocycles. The SMILES string of the molecule is CCC1CC(NCC2CCCCC2O)CCO1. The molecule has 4 atom stereocenters. The predicted molar refractivity (Wildman–Crippen MR) is 69.0 cm³/mol. The molecule has 1 saturated heterocycles. The molecule has 100 valence electrons. The van der Waals surface area contributed by atoms with E-state index in [2.05, 4.69) is 12.2 Å². The standard InChI is InChI=1S/C14H27NO2/c1-2-13-9-12(7-8-17-13)15-10-11-5-3-4-6-14(11)16/h11-16H,2-10H2,1H3. The first-order chi connectivity index (χ1) is 8.29. The van der Waals surface area contributed by atoms with E-state index in [1.54, 1.807) is 0 Å². The zero-order valence-corrected chi connectivity index (χ0v) is 11.0. The number of hydrogen-bond donors (Lipinski definition) is 2. The zero-order chi connectivity index (χ0) is 12.1. The van der Waals surface area contributed by atoms with Crippen LogP contribution in [0.25, 0.3) is 0 Å². The maximum Gasteiger partial charge on any atom is 0.0587 e. The molecular formula is C14H27NO2. The molecule has 2 fully saturated rings. The van der Waals surface area contributed by atoms with E-state index in [0.29, 0.717) is 18.1 Å². The van der Waals surface area contributed by atoms with Crippen LogP contribution in [0, 0.1) is 5.92 Å². The van der Waals surface area contributed by atoms with Crippen molar-refractivity contribution < 1.29 is 9.84 Å². The Bertz CT molecular complexity index is 222. The highest BCUT2D eigenvalue weighted by Crippen LogP contribution is 2.24. The topological polar surface area (TPSA) is 41.5 Å². The summed E-state index contributed by atoms with van der Waals surface area (Å²) in [5.74, 6) is 0.478. The third kappa shape index (κ3) is 3.94. The lowest BCUT2D eigenvalue weighted by Gasteiger charge is -2.33. The molecule has 0 aromatic heterocycles. The fraction of sp³-hybridized carbons (Fsp3) is 1.00. The number of nitrogens with one attached hydrogen (secondary N) is 1. The lowest BCUT2D eigenvalue weighted by Crippen LogP contribution is -2.43. The minimum Gasteiger partial charge on any atom is -0.393 e. The molecule has 0 aromatic carbocycles. The quantitative estimate of drug-likeness (QED) is 0.792. The summed E-state index contributed by atoms with van der Waals surface area (Å²) in [6, 6.07) is 0.600. The van der Waals surface area contributed by atoms with Crippen LogP contribution in [0.5, 0.6) is 0 Å². The molecule has 2 aliphatic rings. The molecule has 1 aliphatic carbocycles. The van der Waals surface area contributed by atoms with Gasteiger partial charge < -0.3 is 15.2 Å². The molecule has 1 aliphatic heterocycles. The van der Waals surface area contributed by atoms with Gasteiger partial charge in [-0.1, -0.05) is 19.8 Å². The van der Waals surface area contributed by atoms with Gasteiger partial charge in [-0.25, -0.2) is 0 Å². The summed E-state index contributed by atoms with van der Waals surface area (Å²) in [7, 11) is 0. The Kier molecular flexibility index (Phi) is 5.26. The highest BCUT2D eigenvalue weighted by Gasteiger charge is 2.25. The highest BCUT2D eigenvalue weighted by atomic mass is 16.5. The van der Waals surface area contributed by atoms with Crippen molar-refractivity contribution in [1.29, 1.82) is 0 Å². The van der Waals surface area contributed by atoms with Gasteiger partial charge in [0, 0.05) is 19.2 Å². The van der Waals surface area contributed by atoms with Crippen molar-refractivity contribution in [2.75, 3.05) is 13.2 Å². The first-order valence-corrected chi connectivity index (χ1v) is 7.32.